The Bertz CT molecular complexity index is 1450. The van der Waals surface area contributed by atoms with Crippen molar-refractivity contribution in [3.8, 4) is 44.6 Å². The molecule has 4 aromatic carbocycles. The van der Waals surface area contributed by atoms with Crippen molar-refractivity contribution >= 4 is 0 Å². The average Bonchev–Trinajstić information content (AvgIpc) is 2.89. The van der Waals surface area contributed by atoms with Crippen LogP contribution in [0.5, 0.6) is 0 Å². The van der Waals surface area contributed by atoms with Crippen LogP contribution in [0, 0.1) is 13.8 Å². The number of hydrogen-bond acceptors (Lipinski definition) is 1. The lowest BCUT2D eigenvalue weighted by atomic mass is 9.96. The van der Waals surface area contributed by atoms with E-state index in [1.165, 1.54) is 11.8 Å². The molecule has 1 nitrogen and oxygen atoms in total. The predicted molar refractivity (Wildman–Crippen MR) is 135 cm³/mol. The van der Waals surface area contributed by atoms with Crippen molar-refractivity contribution in [2.24, 2.45) is 0 Å². The summed E-state index contributed by atoms with van der Waals surface area (Å²) in [6, 6.07) is 36.7. The molecule has 0 radical (unpaired) electrons. The minimum atomic E-state index is -2.26. The molecular formula is C31H25N. The molecule has 5 aromatic rings. The van der Waals surface area contributed by atoms with Gasteiger partial charge in [0.15, 0.2) is 0 Å². The van der Waals surface area contributed by atoms with E-state index in [9.17, 15) is 0 Å². The molecule has 1 aromatic heterocycles. The highest BCUT2D eigenvalue weighted by atomic mass is 14.7. The van der Waals surface area contributed by atoms with E-state index in [0.717, 1.165) is 39.1 Å². The maximum absolute atomic E-state index is 8.07. The van der Waals surface area contributed by atoms with Gasteiger partial charge in [-0.3, -0.25) is 4.98 Å². The Morgan fingerprint density at radius 3 is 1.88 bits per heavy atom. The van der Waals surface area contributed by atoms with Crippen LogP contribution in [0.4, 0.5) is 0 Å². The van der Waals surface area contributed by atoms with Gasteiger partial charge in [-0.1, -0.05) is 103 Å². The fraction of sp³-hybridized carbons (Fsp3) is 0.0645. The van der Waals surface area contributed by atoms with Crippen LogP contribution >= 0.6 is 0 Å². The third-order valence-electron chi connectivity index (χ3n) is 5.75. The molecule has 0 aliphatic rings. The van der Waals surface area contributed by atoms with E-state index >= 15 is 0 Å². The third kappa shape index (κ3) is 4.10. The van der Waals surface area contributed by atoms with Crippen LogP contribution < -0.4 is 0 Å². The number of rotatable bonds is 4. The molecule has 154 valence electrons. The lowest BCUT2D eigenvalue weighted by molar-refractivity contribution is 1.27. The summed E-state index contributed by atoms with van der Waals surface area (Å²) in [6.07, 6.45) is 1.50. The van der Waals surface area contributed by atoms with Gasteiger partial charge in [-0.15, -0.1) is 0 Å². The normalized spacial score (nSPS) is 12.6. The minimum Gasteiger partial charge on any atom is -0.256 e. The molecule has 0 spiro atoms. The molecule has 1 heterocycles. The van der Waals surface area contributed by atoms with E-state index in [2.05, 4.69) is 60.4 Å². The first-order valence-electron chi connectivity index (χ1n) is 12.2. The van der Waals surface area contributed by atoms with Crippen LogP contribution in [0.2, 0.25) is 0 Å². The summed E-state index contributed by atoms with van der Waals surface area (Å²) in [7, 11) is 0. The molecule has 0 saturated carbocycles. The second-order valence-electron chi connectivity index (χ2n) is 8.01. The maximum Gasteiger partial charge on any atom is 0.0708 e. The van der Waals surface area contributed by atoms with E-state index in [1.807, 2.05) is 60.7 Å². The van der Waals surface area contributed by atoms with Gasteiger partial charge in [-0.05, 0) is 64.9 Å². The molecule has 0 saturated heterocycles. The first-order valence-corrected chi connectivity index (χ1v) is 10.7. The molecule has 5 rings (SSSR count). The maximum atomic E-state index is 8.07. The summed E-state index contributed by atoms with van der Waals surface area (Å²) in [4.78, 5) is 4.55. The molecule has 0 fully saturated rings. The quantitative estimate of drug-likeness (QED) is 0.288. The number of nitrogens with zero attached hydrogens (tertiary/aromatic N) is 1. The third-order valence-corrected chi connectivity index (χ3v) is 5.75. The Kier molecular flexibility index (Phi) is 4.51. The van der Waals surface area contributed by atoms with Crippen molar-refractivity contribution in [3.63, 3.8) is 0 Å². The number of pyridine rings is 1. The number of aromatic nitrogens is 1. The molecule has 0 aliphatic heterocycles. The summed E-state index contributed by atoms with van der Waals surface area (Å²) in [5.74, 6) is 0. The van der Waals surface area contributed by atoms with Crippen molar-refractivity contribution < 1.29 is 4.11 Å². The topological polar surface area (TPSA) is 12.9 Å². The highest BCUT2D eigenvalue weighted by molar-refractivity contribution is 5.77. The lowest BCUT2D eigenvalue weighted by Gasteiger charge is -2.11. The summed E-state index contributed by atoms with van der Waals surface area (Å²) in [5, 5.41) is 0. The average molecular weight is 415 g/mol. The Balaban J connectivity index is 1.57. The van der Waals surface area contributed by atoms with Crippen molar-refractivity contribution in [2.75, 3.05) is 0 Å². The number of aryl methyl sites for hydroxylation is 2. The van der Waals surface area contributed by atoms with Crippen LogP contribution in [-0.2, 0) is 0 Å². The fourth-order valence-corrected chi connectivity index (χ4v) is 3.93. The van der Waals surface area contributed by atoms with E-state index < -0.39 is 6.85 Å². The van der Waals surface area contributed by atoms with Gasteiger partial charge in [0.05, 0.1) is 5.69 Å². The molecule has 0 amide bonds. The van der Waals surface area contributed by atoms with E-state index in [4.69, 9.17) is 4.11 Å². The van der Waals surface area contributed by atoms with Crippen LogP contribution in [0.1, 0.15) is 15.2 Å². The molecule has 0 aliphatic carbocycles. The van der Waals surface area contributed by atoms with Gasteiger partial charge in [0.1, 0.15) is 0 Å². The SMILES string of the molecule is [2H]C([2H])([2H])c1cnc(-c2cccc(-c3ccccc3)c2)cc1-c1ccc(-c2ccc(C)cc2)cc1. The Hall–Kier alpha value is -3.97. The Morgan fingerprint density at radius 1 is 0.562 bits per heavy atom. The lowest BCUT2D eigenvalue weighted by Crippen LogP contribution is -1.90. The fourth-order valence-electron chi connectivity index (χ4n) is 3.93. The number of hydrogen-bond donors (Lipinski definition) is 0. The van der Waals surface area contributed by atoms with Crippen molar-refractivity contribution in [3.05, 3.63) is 127 Å². The zero-order valence-electron chi connectivity index (χ0n) is 20.9. The summed E-state index contributed by atoms with van der Waals surface area (Å²) < 4.78 is 24.2. The summed E-state index contributed by atoms with van der Waals surface area (Å²) >= 11 is 0. The molecular weight excluding hydrogens is 386 g/mol. The minimum absolute atomic E-state index is 0.253. The van der Waals surface area contributed by atoms with Gasteiger partial charge in [0, 0.05) is 15.9 Å². The van der Waals surface area contributed by atoms with Crippen LogP contribution in [0.25, 0.3) is 44.6 Å². The number of benzene rings is 4. The highest BCUT2D eigenvalue weighted by Gasteiger charge is 2.08. The van der Waals surface area contributed by atoms with Crippen molar-refractivity contribution in [2.45, 2.75) is 13.8 Å². The predicted octanol–water partition coefficient (Wildman–Crippen LogP) is 8.37. The molecule has 32 heavy (non-hydrogen) atoms. The summed E-state index contributed by atoms with van der Waals surface area (Å²) in [6.45, 7) is -0.192. The molecule has 0 N–H and O–H groups in total. The molecule has 1 heteroatoms. The zero-order valence-corrected chi connectivity index (χ0v) is 17.9. The molecule has 0 atom stereocenters. The van der Waals surface area contributed by atoms with Gasteiger partial charge in [-0.25, -0.2) is 0 Å². The van der Waals surface area contributed by atoms with E-state index in [0.29, 0.717) is 5.56 Å². The smallest absolute Gasteiger partial charge is 0.0708 e. The Morgan fingerprint density at radius 2 is 1.16 bits per heavy atom. The largest absolute Gasteiger partial charge is 0.256 e. The van der Waals surface area contributed by atoms with Crippen LogP contribution in [0.3, 0.4) is 0 Å². The Labute approximate surface area is 194 Å². The van der Waals surface area contributed by atoms with Gasteiger partial charge in [-0.2, -0.15) is 0 Å². The zero-order chi connectivity index (χ0) is 24.4. The van der Waals surface area contributed by atoms with Gasteiger partial charge < -0.3 is 0 Å². The van der Waals surface area contributed by atoms with Gasteiger partial charge in [0.25, 0.3) is 0 Å². The van der Waals surface area contributed by atoms with E-state index in [-0.39, 0.29) is 5.56 Å². The van der Waals surface area contributed by atoms with Gasteiger partial charge >= 0.3 is 0 Å². The van der Waals surface area contributed by atoms with Crippen LogP contribution in [0.15, 0.2) is 115 Å². The van der Waals surface area contributed by atoms with Crippen molar-refractivity contribution in [1.29, 1.82) is 0 Å². The van der Waals surface area contributed by atoms with E-state index in [1.54, 1.807) is 0 Å². The second-order valence-corrected chi connectivity index (χ2v) is 8.01. The molecule has 0 unspecified atom stereocenters. The first-order chi connectivity index (χ1) is 16.9. The summed E-state index contributed by atoms with van der Waals surface area (Å²) in [5.41, 5.74) is 9.13. The molecule has 0 bridgehead atoms. The monoisotopic (exact) mass is 414 g/mol. The first kappa shape index (κ1) is 16.7. The highest BCUT2D eigenvalue weighted by Crippen LogP contribution is 2.31. The van der Waals surface area contributed by atoms with Gasteiger partial charge in [0.2, 0.25) is 0 Å². The second kappa shape index (κ2) is 8.64. The van der Waals surface area contributed by atoms with Crippen molar-refractivity contribution in [1.82, 2.24) is 4.98 Å². The standard InChI is InChI=1S/C31H25N/c1-22-11-13-25(14-12-22)26-15-17-27(18-16-26)30-20-31(32-21-23(30)2)29-10-6-9-28(19-29)24-7-4-3-5-8-24/h3-21H,1-2H3/i2D3. The van der Waals surface area contributed by atoms with Crippen LogP contribution in [-0.4, -0.2) is 4.98 Å².